The van der Waals surface area contributed by atoms with Gasteiger partial charge < -0.3 is 39.7 Å². The molecule has 3 heterocycles. The highest BCUT2D eigenvalue weighted by Crippen LogP contribution is 2.48. The molecule has 0 spiro atoms. The average molecular weight is 639 g/mol. The van der Waals surface area contributed by atoms with E-state index in [0.717, 1.165) is 12.8 Å². The number of carboxylic acid groups (broad SMARTS) is 2. The van der Waals surface area contributed by atoms with E-state index in [9.17, 15) is 29.1 Å². The Balaban J connectivity index is 1.30. The molecule has 2 aromatic rings. The summed E-state index contributed by atoms with van der Waals surface area (Å²) in [4.78, 5) is 76.1. The summed E-state index contributed by atoms with van der Waals surface area (Å²) in [5.74, 6) is -1.41. The second kappa shape index (κ2) is 14.4. The van der Waals surface area contributed by atoms with Crippen LogP contribution in [0.5, 0.6) is 0 Å². The number of carbonyl (C=O) groups is 5. The van der Waals surface area contributed by atoms with Crippen molar-refractivity contribution >= 4 is 35.9 Å². The van der Waals surface area contributed by atoms with Crippen molar-refractivity contribution in [3.63, 3.8) is 0 Å². The van der Waals surface area contributed by atoms with Gasteiger partial charge in [0.1, 0.15) is 23.7 Å². The van der Waals surface area contributed by atoms with E-state index in [2.05, 4.69) is 15.3 Å². The van der Waals surface area contributed by atoms with Crippen LogP contribution in [0.2, 0.25) is 0 Å². The van der Waals surface area contributed by atoms with Gasteiger partial charge in [-0.1, -0.05) is 43.7 Å². The summed E-state index contributed by atoms with van der Waals surface area (Å²) in [6.45, 7) is 4.23. The van der Waals surface area contributed by atoms with Crippen molar-refractivity contribution in [1.82, 2.24) is 25.1 Å². The molecule has 4 atom stereocenters. The minimum Gasteiger partial charge on any atom is -0.481 e. The average Bonchev–Trinajstić information content (AvgIpc) is 3.46. The van der Waals surface area contributed by atoms with Crippen molar-refractivity contribution in [1.29, 1.82) is 0 Å². The lowest BCUT2D eigenvalue weighted by Crippen LogP contribution is -2.56. The van der Waals surface area contributed by atoms with Crippen LogP contribution in [-0.4, -0.2) is 118 Å². The molecule has 246 valence electrons. The zero-order valence-electron chi connectivity index (χ0n) is 25.5. The van der Waals surface area contributed by atoms with Crippen LogP contribution in [0.25, 0.3) is 11.4 Å². The summed E-state index contributed by atoms with van der Waals surface area (Å²) in [7, 11) is 0. The second-order valence-electron chi connectivity index (χ2n) is 11.6. The third kappa shape index (κ3) is 7.82. The number of nitrogens with zero attached hydrogens (tertiary/aromatic N) is 5. The number of benzene rings is 1. The third-order valence-electron chi connectivity index (χ3n) is 8.48. The molecule has 3 N–H and O–H groups in total. The quantitative estimate of drug-likeness (QED) is 0.227. The van der Waals surface area contributed by atoms with Gasteiger partial charge in [0.05, 0.1) is 6.61 Å². The fourth-order valence-corrected chi connectivity index (χ4v) is 5.86. The molecule has 2 saturated heterocycles. The fourth-order valence-electron chi connectivity index (χ4n) is 5.86. The molecule has 46 heavy (non-hydrogen) atoms. The van der Waals surface area contributed by atoms with Crippen LogP contribution >= 0.6 is 0 Å². The van der Waals surface area contributed by atoms with E-state index in [1.165, 1.54) is 15.9 Å². The Morgan fingerprint density at radius 3 is 2.28 bits per heavy atom. The van der Waals surface area contributed by atoms with E-state index in [1.807, 2.05) is 30.0 Å². The molecule has 1 aromatic heterocycles. The van der Waals surface area contributed by atoms with Crippen LogP contribution in [0.3, 0.4) is 0 Å². The first-order valence-electron chi connectivity index (χ1n) is 15.5. The Bertz CT molecular complexity index is 1440. The normalized spacial score (nSPS) is 20.8. The molecule has 5 rings (SSSR count). The van der Waals surface area contributed by atoms with Crippen molar-refractivity contribution in [3.05, 3.63) is 42.1 Å². The van der Waals surface area contributed by atoms with Gasteiger partial charge >= 0.3 is 18.2 Å². The molecule has 0 unspecified atom stereocenters. The molecule has 1 saturated carbocycles. The van der Waals surface area contributed by atoms with Gasteiger partial charge in [-0.15, -0.1) is 0 Å². The lowest BCUT2D eigenvalue weighted by molar-refractivity contribution is -0.138. The second-order valence-corrected chi connectivity index (χ2v) is 11.6. The van der Waals surface area contributed by atoms with Crippen molar-refractivity contribution in [2.75, 3.05) is 50.8 Å². The van der Waals surface area contributed by atoms with Crippen LogP contribution in [0.4, 0.5) is 15.4 Å². The standard InChI is InChI=1S/C31H38N6O9/c1-2-3-15-45-30(42)36-13-11-35(12-14-36)29(41)22(9-10-25(38)39)33-28(40)23-16-24(34-27(32-23)19-7-5-4-6-8-19)37-17-20-21(18-37)26(20)46-31(43)44/h4-8,16,20-22,26H,2-3,9-15,17-18H2,1H3,(H,33,40)(H,38,39)(H,43,44)/t20-,21+,22-,26-/m0/s1. The van der Waals surface area contributed by atoms with E-state index < -0.39 is 36.1 Å². The topological polar surface area (TPSA) is 192 Å². The number of hydrogen-bond acceptors (Lipinski definition) is 10. The maximum absolute atomic E-state index is 13.7. The number of carbonyl (C=O) groups excluding carboxylic acids is 3. The number of piperidine rings is 1. The summed E-state index contributed by atoms with van der Waals surface area (Å²) < 4.78 is 10.2. The molecule has 0 radical (unpaired) electrons. The predicted molar refractivity (Wildman–Crippen MR) is 162 cm³/mol. The molecule has 1 aliphatic carbocycles. The lowest BCUT2D eigenvalue weighted by atomic mass is 10.1. The van der Waals surface area contributed by atoms with Gasteiger partial charge in [0.2, 0.25) is 5.91 Å². The Morgan fingerprint density at radius 2 is 1.65 bits per heavy atom. The van der Waals surface area contributed by atoms with Crippen molar-refractivity contribution in [3.8, 4) is 11.4 Å². The van der Waals surface area contributed by atoms with Gasteiger partial charge in [0, 0.05) is 69.2 Å². The molecule has 15 nitrogen and oxygen atoms in total. The Kier molecular flexibility index (Phi) is 10.2. The minimum atomic E-state index is -1.31. The van der Waals surface area contributed by atoms with Crippen molar-refractivity contribution < 1.29 is 43.7 Å². The molecule has 3 amide bonds. The van der Waals surface area contributed by atoms with Gasteiger partial charge in [-0.3, -0.25) is 14.4 Å². The third-order valence-corrected chi connectivity index (χ3v) is 8.48. The van der Waals surface area contributed by atoms with E-state index in [4.69, 9.17) is 14.6 Å². The molecule has 2 aliphatic heterocycles. The number of ether oxygens (including phenoxy) is 2. The molecule has 3 fully saturated rings. The summed E-state index contributed by atoms with van der Waals surface area (Å²) in [5, 5.41) is 21.0. The smallest absolute Gasteiger partial charge is 0.481 e. The largest absolute Gasteiger partial charge is 0.506 e. The number of piperazine rings is 1. The van der Waals surface area contributed by atoms with Crippen molar-refractivity contribution in [2.24, 2.45) is 11.8 Å². The molecular formula is C31H38N6O9. The summed E-state index contributed by atoms with van der Waals surface area (Å²) in [6.07, 6.45) is -0.933. The maximum Gasteiger partial charge on any atom is 0.506 e. The number of aliphatic carboxylic acids is 1. The molecule has 0 bridgehead atoms. The maximum atomic E-state index is 13.7. The number of unbranched alkanes of at least 4 members (excludes halogenated alkanes) is 1. The minimum absolute atomic E-state index is 0.00414. The first-order valence-corrected chi connectivity index (χ1v) is 15.5. The zero-order chi connectivity index (χ0) is 32.8. The van der Waals surface area contributed by atoms with Crippen LogP contribution in [0.1, 0.15) is 43.1 Å². The Labute approximate surface area is 265 Å². The van der Waals surface area contributed by atoms with Gasteiger partial charge in [0.25, 0.3) is 5.91 Å². The van der Waals surface area contributed by atoms with Crippen LogP contribution in [0.15, 0.2) is 36.4 Å². The first kappa shape index (κ1) is 32.4. The fraction of sp³-hybridized carbons (Fsp3) is 0.516. The first-order chi connectivity index (χ1) is 22.1. The highest BCUT2D eigenvalue weighted by molar-refractivity contribution is 5.97. The number of rotatable bonds is 12. The number of hydrogen-bond donors (Lipinski definition) is 3. The van der Waals surface area contributed by atoms with Gasteiger partial charge in [-0.25, -0.2) is 19.6 Å². The van der Waals surface area contributed by atoms with Gasteiger partial charge in [0.15, 0.2) is 5.82 Å². The van der Waals surface area contributed by atoms with E-state index >= 15 is 0 Å². The van der Waals surface area contributed by atoms with Gasteiger partial charge in [-0.05, 0) is 12.8 Å². The number of anilines is 1. The highest BCUT2D eigenvalue weighted by Gasteiger charge is 2.59. The van der Waals surface area contributed by atoms with Crippen LogP contribution < -0.4 is 10.2 Å². The predicted octanol–water partition coefficient (Wildman–Crippen LogP) is 2.32. The zero-order valence-corrected chi connectivity index (χ0v) is 25.5. The number of nitrogens with one attached hydrogen (secondary N) is 1. The lowest BCUT2D eigenvalue weighted by Gasteiger charge is -2.36. The number of carboxylic acids is 1. The van der Waals surface area contributed by atoms with E-state index in [-0.39, 0.29) is 68.5 Å². The molecule has 1 aromatic carbocycles. The monoisotopic (exact) mass is 638 g/mol. The molecular weight excluding hydrogens is 600 g/mol. The molecule has 3 aliphatic rings. The summed E-state index contributed by atoms with van der Waals surface area (Å²) >= 11 is 0. The summed E-state index contributed by atoms with van der Waals surface area (Å²) in [6, 6.07) is 9.45. The molecule has 15 heteroatoms. The number of aromatic nitrogens is 2. The number of fused-ring (bicyclic) bond motifs is 1. The number of amides is 3. The Hall–Kier alpha value is -4.95. The van der Waals surface area contributed by atoms with E-state index in [0.29, 0.717) is 31.1 Å². The summed E-state index contributed by atoms with van der Waals surface area (Å²) in [5.41, 5.74) is 0.662. The Morgan fingerprint density at radius 1 is 0.978 bits per heavy atom. The van der Waals surface area contributed by atoms with Crippen molar-refractivity contribution in [2.45, 2.75) is 44.8 Å². The van der Waals surface area contributed by atoms with Gasteiger partial charge in [-0.2, -0.15) is 0 Å². The van der Waals surface area contributed by atoms with E-state index in [1.54, 1.807) is 12.1 Å². The van der Waals surface area contributed by atoms with Crippen LogP contribution in [-0.2, 0) is 19.1 Å². The van der Waals surface area contributed by atoms with Crippen LogP contribution in [0, 0.1) is 11.8 Å². The SMILES string of the molecule is CCCCOC(=O)N1CCN(C(=O)[C@H](CCC(=O)O)NC(=O)c2cc(N3C[C@@H]4[C@H](C3)[C@@H]4OC(=O)O)nc(-c3ccccc3)n2)CC1. The highest BCUT2D eigenvalue weighted by atomic mass is 16.7.